The summed E-state index contributed by atoms with van der Waals surface area (Å²) in [6.07, 6.45) is 4.37. The van der Waals surface area contributed by atoms with E-state index in [0.29, 0.717) is 11.8 Å². The van der Waals surface area contributed by atoms with Crippen LogP contribution in [0.3, 0.4) is 0 Å². The van der Waals surface area contributed by atoms with Gasteiger partial charge in [-0.15, -0.1) is 11.3 Å². The Labute approximate surface area is 171 Å². The first-order valence-corrected chi connectivity index (χ1v) is 10.8. The standard InChI is InChI=1S/C19H25NOS.C3H6O3/c1-2-11-20(12-10-17-6-4-13-22-17)16-8-9-18-15(14-16)5-3-7-19(18)21;1-2(4)3(5)6/h3-7,13,16,21H,2,8-12,14H2,1H3;2,4H,1H3,(H,5,6)/t16-;/m0./s1. The zero-order chi connectivity index (χ0) is 20.5. The second-order valence-corrected chi connectivity index (χ2v) is 8.22. The van der Waals surface area contributed by atoms with Gasteiger partial charge in [0.05, 0.1) is 0 Å². The van der Waals surface area contributed by atoms with Crippen LogP contribution < -0.4 is 0 Å². The van der Waals surface area contributed by atoms with Crippen LogP contribution in [-0.4, -0.2) is 51.4 Å². The van der Waals surface area contributed by atoms with Gasteiger partial charge in [-0.1, -0.05) is 25.1 Å². The largest absolute Gasteiger partial charge is 0.508 e. The van der Waals surface area contributed by atoms with Crippen molar-refractivity contribution < 1.29 is 20.1 Å². The van der Waals surface area contributed by atoms with E-state index in [0.717, 1.165) is 32.2 Å². The van der Waals surface area contributed by atoms with Crippen LogP contribution in [0, 0.1) is 0 Å². The average Bonchev–Trinajstić information content (AvgIpc) is 3.19. The van der Waals surface area contributed by atoms with Crippen molar-refractivity contribution >= 4 is 17.3 Å². The summed E-state index contributed by atoms with van der Waals surface area (Å²) in [6, 6.07) is 11.0. The third-order valence-electron chi connectivity index (χ3n) is 5.04. The Hall–Kier alpha value is -1.89. The van der Waals surface area contributed by atoms with Crippen molar-refractivity contribution in [2.24, 2.45) is 0 Å². The average molecular weight is 406 g/mol. The lowest BCUT2D eigenvalue weighted by atomic mass is 9.86. The Balaban J connectivity index is 0.000000409. The summed E-state index contributed by atoms with van der Waals surface area (Å²) in [5.41, 5.74) is 2.52. The summed E-state index contributed by atoms with van der Waals surface area (Å²) in [6.45, 7) is 5.78. The highest BCUT2D eigenvalue weighted by Gasteiger charge is 2.25. The predicted octanol–water partition coefficient (Wildman–Crippen LogP) is 3.72. The molecule has 1 aromatic heterocycles. The SMILES string of the molecule is CC(O)C(=O)O.CCCN(CCc1cccs1)[C@H]1CCc2c(O)cccc2C1. The Morgan fingerprint density at radius 1 is 1.29 bits per heavy atom. The molecular formula is C22H31NO4S. The van der Waals surface area contributed by atoms with Crippen LogP contribution in [-0.2, 0) is 24.1 Å². The number of rotatable bonds is 7. The number of carboxylic acid groups (broad SMARTS) is 1. The normalized spacial score (nSPS) is 16.8. The molecule has 0 amide bonds. The van der Waals surface area contributed by atoms with E-state index in [2.05, 4.69) is 35.4 Å². The number of phenolic OH excluding ortho intramolecular Hbond substituents is 1. The van der Waals surface area contributed by atoms with E-state index in [1.54, 1.807) is 0 Å². The predicted molar refractivity (Wildman–Crippen MR) is 113 cm³/mol. The van der Waals surface area contributed by atoms with Gasteiger partial charge in [-0.2, -0.15) is 0 Å². The Morgan fingerprint density at radius 2 is 2.04 bits per heavy atom. The molecule has 0 fully saturated rings. The van der Waals surface area contributed by atoms with Gasteiger partial charge in [0.15, 0.2) is 0 Å². The zero-order valence-electron chi connectivity index (χ0n) is 16.7. The van der Waals surface area contributed by atoms with Crippen molar-refractivity contribution in [3.05, 3.63) is 51.7 Å². The number of fused-ring (bicyclic) bond motifs is 1. The Morgan fingerprint density at radius 3 is 2.64 bits per heavy atom. The minimum absolute atomic E-state index is 0.483. The molecule has 0 spiro atoms. The van der Waals surface area contributed by atoms with Crippen LogP contribution in [0.15, 0.2) is 35.7 Å². The van der Waals surface area contributed by atoms with Gasteiger partial charge < -0.3 is 15.3 Å². The van der Waals surface area contributed by atoms with E-state index in [1.165, 1.54) is 35.9 Å². The highest BCUT2D eigenvalue weighted by molar-refractivity contribution is 7.09. The number of hydrogen-bond donors (Lipinski definition) is 3. The highest BCUT2D eigenvalue weighted by Crippen LogP contribution is 2.30. The van der Waals surface area contributed by atoms with Crippen molar-refractivity contribution in [2.45, 2.75) is 58.1 Å². The maximum absolute atomic E-state index is 10.0. The van der Waals surface area contributed by atoms with E-state index in [4.69, 9.17) is 10.2 Å². The number of aliphatic hydroxyl groups is 1. The van der Waals surface area contributed by atoms with E-state index in [1.807, 2.05) is 23.5 Å². The second-order valence-electron chi connectivity index (χ2n) is 7.19. The summed E-state index contributed by atoms with van der Waals surface area (Å²) in [7, 11) is 0. The van der Waals surface area contributed by atoms with Gasteiger partial charge >= 0.3 is 5.97 Å². The molecule has 1 aliphatic rings. The summed E-state index contributed by atoms with van der Waals surface area (Å²) in [5, 5.41) is 27.9. The van der Waals surface area contributed by atoms with Gasteiger partial charge in [0.2, 0.25) is 0 Å². The molecule has 154 valence electrons. The maximum Gasteiger partial charge on any atom is 0.332 e. The number of hydrogen-bond acceptors (Lipinski definition) is 5. The fraction of sp³-hybridized carbons (Fsp3) is 0.500. The van der Waals surface area contributed by atoms with Crippen LogP contribution in [0.2, 0.25) is 0 Å². The molecule has 3 rings (SSSR count). The number of aliphatic carboxylic acids is 1. The maximum atomic E-state index is 10.0. The van der Waals surface area contributed by atoms with Crippen molar-refractivity contribution in [2.75, 3.05) is 13.1 Å². The summed E-state index contributed by atoms with van der Waals surface area (Å²) < 4.78 is 0. The van der Waals surface area contributed by atoms with E-state index in [9.17, 15) is 9.90 Å². The molecule has 2 atom stereocenters. The number of carboxylic acids is 1. The topological polar surface area (TPSA) is 81.0 Å². The molecular weight excluding hydrogens is 374 g/mol. The molecule has 0 radical (unpaired) electrons. The molecule has 0 aliphatic heterocycles. The van der Waals surface area contributed by atoms with Gasteiger partial charge in [0, 0.05) is 17.5 Å². The lowest BCUT2D eigenvalue weighted by molar-refractivity contribution is -0.145. The second kappa shape index (κ2) is 11.2. The van der Waals surface area contributed by atoms with Gasteiger partial charge in [0.25, 0.3) is 0 Å². The fourth-order valence-electron chi connectivity index (χ4n) is 3.55. The molecule has 2 aromatic rings. The highest BCUT2D eigenvalue weighted by atomic mass is 32.1. The number of thiophene rings is 1. The van der Waals surface area contributed by atoms with Gasteiger partial charge in [0.1, 0.15) is 11.9 Å². The summed E-state index contributed by atoms with van der Waals surface area (Å²) >= 11 is 1.86. The van der Waals surface area contributed by atoms with Crippen LogP contribution in [0.4, 0.5) is 0 Å². The molecule has 1 aliphatic carbocycles. The number of aliphatic hydroxyl groups excluding tert-OH is 1. The first-order chi connectivity index (χ1) is 13.4. The molecule has 5 nitrogen and oxygen atoms in total. The number of phenols is 1. The molecule has 3 N–H and O–H groups in total. The van der Waals surface area contributed by atoms with Crippen molar-refractivity contribution in [3.8, 4) is 5.75 Å². The molecule has 0 saturated heterocycles. The van der Waals surface area contributed by atoms with Crippen molar-refractivity contribution in [3.63, 3.8) is 0 Å². The smallest absolute Gasteiger partial charge is 0.332 e. The zero-order valence-corrected chi connectivity index (χ0v) is 17.5. The van der Waals surface area contributed by atoms with Crippen LogP contribution in [0.1, 0.15) is 42.7 Å². The molecule has 28 heavy (non-hydrogen) atoms. The molecule has 0 saturated carbocycles. The van der Waals surface area contributed by atoms with Crippen molar-refractivity contribution in [1.82, 2.24) is 4.90 Å². The molecule has 0 bridgehead atoms. The molecule has 6 heteroatoms. The molecule has 1 unspecified atom stereocenters. The lowest BCUT2D eigenvalue weighted by Gasteiger charge is -2.35. The lowest BCUT2D eigenvalue weighted by Crippen LogP contribution is -2.41. The fourth-order valence-corrected chi connectivity index (χ4v) is 4.25. The Bertz CT molecular complexity index is 730. The van der Waals surface area contributed by atoms with E-state index >= 15 is 0 Å². The van der Waals surface area contributed by atoms with Gasteiger partial charge in [-0.05, 0) is 74.2 Å². The quantitative estimate of drug-likeness (QED) is 0.654. The van der Waals surface area contributed by atoms with Crippen molar-refractivity contribution in [1.29, 1.82) is 0 Å². The minimum Gasteiger partial charge on any atom is -0.508 e. The molecule has 1 heterocycles. The summed E-state index contributed by atoms with van der Waals surface area (Å²) in [5.74, 6) is -0.702. The van der Waals surface area contributed by atoms with E-state index < -0.39 is 12.1 Å². The van der Waals surface area contributed by atoms with Crippen LogP contribution in [0.25, 0.3) is 0 Å². The molecule has 1 aromatic carbocycles. The monoisotopic (exact) mass is 405 g/mol. The number of benzene rings is 1. The minimum atomic E-state index is -1.23. The number of nitrogens with zero attached hydrogens (tertiary/aromatic N) is 1. The number of aromatic hydroxyl groups is 1. The van der Waals surface area contributed by atoms with Gasteiger partial charge in [-0.3, -0.25) is 4.90 Å². The first kappa shape index (κ1) is 22.4. The van der Waals surface area contributed by atoms with Crippen LogP contribution >= 0.6 is 11.3 Å². The van der Waals surface area contributed by atoms with E-state index in [-0.39, 0.29) is 0 Å². The summed E-state index contributed by atoms with van der Waals surface area (Å²) in [4.78, 5) is 13.6. The first-order valence-electron chi connectivity index (χ1n) is 9.89. The third kappa shape index (κ3) is 6.62. The number of carbonyl (C=O) groups is 1. The van der Waals surface area contributed by atoms with Gasteiger partial charge in [-0.25, -0.2) is 4.79 Å². The Kier molecular flexibility index (Phi) is 8.96. The van der Waals surface area contributed by atoms with Crippen LogP contribution in [0.5, 0.6) is 5.75 Å². The third-order valence-corrected chi connectivity index (χ3v) is 5.98.